The zero-order chi connectivity index (χ0) is 16.1. The van der Waals surface area contributed by atoms with Crippen molar-refractivity contribution < 1.29 is 0 Å². The molecule has 0 aromatic heterocycles. The Morgan fingerprint density at radius 3 is 1.48 bits per heavy atom. The van der Waals surface area contributed by atoms with Crippen LogP contribution >= 0.6 is 0 Å². The molecule has 0 bridgehead atoms. The second kappa shape index (κ2) is 23.5. The fourth-order valence-electron chi connectivity index (χ4n) is 2.76. The first-order valence-electron chi connectivity index (χ1n) is 9.94. The lowest BCUT2D eigenvalue weighted by Gasteiger charge is -2.02. The highest BCUT2D eigenvalue weighted by Crippen LogP contribution is 2.13. The second-order valence-corrected chi connectivity index (χ2v) is 6.45. The van der Waals surface area contributed by atoms with Crippen molar-refractivity contribution in [3.8, 4) is 0 Å². The average Bonchev–Trinajstić information content (AvgIpc) is 2.54. The van der Waals surface area contributed by atoms with Crippen LogP contribution in [0.25, 0.3) is 0 Å². The Balaban J connectivity index is 0. The third-order valence-corrected chi connectivity index (χ3v) is 4.20. The SMILES string of the molecule is C/C=C/N/C=C/CCCCCCCCCCCCCCCC.N. The molecule has 2 nitrogen and oxygen atoms in total. The number of rotatable bonds is 17. The van der Waals surface area contributed by atoms with Crippen LogP contribution < -0.4 is 11.5 Å². The molecule has 0 saturated carbocycles. The van der Waals surface area contributed by atoms with Crippen LogP contribution in [0.1, 0.15) is 110 Å². The molecule has 0 aliphatic rings. The molecule has 0 saturated heterocycles. The molecule has 0 aromatic rings. The maximum Gasteiger partial charge on any atom is -0.00358 e. The predicted molar refractivity (Wildman–Crippen MR) is 107 cm³/mol. The number of unbranched alkanes of at least 4 members (excludes halogenated alkanes) is 14. The van der Waals surface area contributed by atoms with Gasteiger partial charge in [-0.3, -0.25) is 0 Å². The Kier molecular flexibility index (Phi) is 25.0. The van der Waals surface area contributed by atoms with Crippen LogP contribution in [0.3, 0.4) is 0 Å². The molecular weight excluding hydrogens is 280 g/mol. The van der Waals surface area contributed by atoms with E-state index in [1.54, 1.807) is 0 Å². The van der Waals surface area contributed by atoms with Gasteiger partial charge in [0, 0.05) is 0 Å². The highest BCUT2D eigenvalue weighted by atomic mass is 14.8. The van der Waals surface area contributed by atoms with Gasteiger partial charge in [-0.2, -0.15) is 0 Å². The molecule has 0 aliphatic heterocycles. The molecule has 2 heteroatoms. The number of nitrogens with one attached hydrogen (secondary N) is 1. The minimum Gasteiger partial charge on any atom is -0.368 e. The third kappa shape index (κ3) is 23.6. The summed E-state index contributed by atoms with van der Waals surface area (Å²) in [5.74, 6) is 0. The van der Waals surface area contributed by atoms with Crippen molar-refractivity contribution in [3.05, 3.63) is 24.6 Å². The van der Waals surface area contributed by atoms with Crippen LogP contribution in [0.5, 0.6) is 0 Å². The van der Waals surface area contributed by atoms with Crippen LogP contribution in [-0.4, -0.2) is 0 Å². The third-order valence-electron chi connectivity index (χ3n) is 4.20. The molecule has 138 valence electrons. The first kappa shape index (κ1) is 24.5. The van der Waals surface area contributed by atoms with E-state index < -0.39 is 0 Å². The van der Waals surface area contributed by atoms with Crippen molar-refractivity contribution in [3.63, 3.8) is 0 Å². The van der Waals surface area contributed by atoms with Gasteiger partial charge in [0.25, 0.3) is 0 Å². The molecule has 0 rings (SSSR count). The molecule has 0 aliphatic carbocycles. The van der Waals surface area contributed by atoms with Gasteiger partial charge in [0.05, 0.1) is 0 Å². The van der Waals surface area contributed by atoms with Gasteiger partial charge in [0.1, 0.15) is 0 Å². The van der Waals surface area contributed by atoms with E-state index in [-0.39, 0.29) is 6.15 Å². The summed E-state index contributed by atoms with van der Waals surface area (Å²) in [6.45, 7) is 4.31. The summed E-state index contributed by atoms with van der Waals surface area (Å²) >= 11 is 0. The Morgan fingerprint density at radius 2 is 1.04 bits per heavy atom. The molecular formula is C21H44N2. The highest BCUT2D eigenvalue weighted by Gasteiger charge is 1.93. The van der Waals surface area contributed by atoms with E-state index in [4.69, 9.17) is 0 Å². The van der Waals surface area contributed by atoms with Crippen LogP contribution in [0.4, 0.5) is 0 Å². The van der Waals surface area contributed by atoms with Gasteiger partial charge in [-0.25, -0.2) is 0 Å². The van der Waals surface area contributed by atoms with Gasteiger partial charge in [0.2, 0.25) is 0 Å². The quantitative estimate of drug-likeness (QED) is 0.270. The summed E-state index contributed by atoms with van der Waals surface area (Å²) in [4.78, 5) is 0. The Bertz CT molecular complexity index is 246. The summed E-state index contributed by atoms with van der Waals surface area (Å²) in [6, 6.07) is 0. The zero-order valence-electron chi connectivity index (χ0n) is 16.1. The lowest BCUT2D eigenvalue weighted by atomic mass is 10.0. The molecule has 0 aromatic carbocycles. The van der Waals surface area contributed by atoms with Crippen molar-refractivity contribution in [2.75, 3.05) is 0 Å². The van der Waals surface area contributed by atoms with E-state index in [2.05, 4.69) is 18.3 Å². The fourth-order valence-corrected chi connectivity index (χ4v) is 2.76. The highest BCUT2D eigenvalue weighted by molar-refractivity contribution is 4.86. The largest absolute Gasteiger partial charge is 0.368 e. The maximum absolute atomic E-state index is 3.12. The van der Waals surface area contributed by atoms with Crippen molar-refractivity contribution in [2.45, 2.75) is 110 Å². The van der Waals surface area contributed by atoms with Crippen molar-refractivity contribution in [1.82, 2.24) is 11.5 Å². The van der Waals surface area contributed by atoms with Gasteiger partial charge in [0.15, 0.2) is 0 Å². The standard InChI is InChI=1S/C21H41N.H3N/c1-3-5-6-7-8-9-10-11-12-13-14-15-16-17-18-19-21-22-20-4-2;/h4,19-22H,3,5-18H2,1-2H3;1H3/b20-4+,21-19+;. The average molecular weight is 325 g/mol. The molecule has 0 radical (unpaired) electrons. The van der Waals surface area contributed by atoms with E-state index in [1.165, 1.54) is 96.3 Å². The zero-order valence-corrected chi connectivity index (χ0v) is 16.1. The molecule has 0 fully saturated rings. The number of hydrogen-bond acceptors (Lipinski definition) is 2. The molecule has 0 heterocycles. The molecule has 23 heavy (non-hydrogen) atoms. The number of hydrogen-bond donors (Lipinski definition) is 2. The summed E-state index contributed by atoms with van der Waals surface area (Å²) in [5, 5.41) is 3.12. The molecule has 0 spiro atoms. The molecule has 4 N–H and O–H groups in total. The Hall–Kier alpha value is -0.760. The van der Waals surface area contributed by atoms with Crippen LogP contribution in [0.2, 0.25) is 0 Å². The van der Waals surface area contributed by atoms with Gasteiger partial charge in [-0.05, 0) is 32.2 Å². The van der Waals surface area contributed by atoms with Crippen molar-refractivity contribution >= 4 is 0 Å². The minimum atomic E-state index is 0. The van der Waals surface area contributed by atoms with E-state index in [0.717, 1.165) is 0 Å². The normalized spacial score (nSPS) is 11.2. The van der Waals surface area contributed by atoms with Gasteiger partial charge in [-0.15, -0.1) is 0 Å². The Labute approximate surface area is 146 Å². The van der Waals surface area contributed by atoms with Gasteiger partial charge in [-0.1, -0.05) is 103 Å². The summed E-state index contributed by atoms with van der Waals surface area (Å²) in [7, 11) is 0. The van der Waals surface area contributed by atoms with E-state index >= 15 is 0 Å². The fraction of sp³-hybridized carbons (Fsp3) is 0.810. The molecule has 0 unspecified atom stereocenters. The van der Waals surface area contributed by atoms with Crippen LogP contribution in [-0.2, 0) is 0 Å². The second-order valence-electron chi connectivity index (χ2n) is 6.45. The lowest BCUT2D eigenvalue weighted by molar-refractivity contribution is 0.536. The van der Waals surface area contributed by atoms with Crippen molar-refractivity contribution in [1.29, 1.82) is 0 Å². The molecule has 0 amide bonds. The summed E-state index contributed by atoms with van der Waals surface area (Å²) < 4.78 is 0. The van der Waals surface area contributed by atoms with Crippen molar-refractivity contribution in [2.24, 2.45) is 0 Å². The van der Waals surface area contributed by atoms with Gasteiger partial charge < -0.3 is 11.5 Å². The van der Waals surface area contributed by atoms with E-state index in [1.807, 2.05) is 25.4 Å². The maximum atomic E-state index is 3.12. The monoisotopic (exact) mass is 324 g/mol. The number of allylic oxidation sites excluding steroid dienone is 2. The van der Waals surface area contributed by atoms with E-state index in [0.29, 0.717) is 0 Å². The lowest BCUT2D eigenvalue weighted by Crippen LogP contribution is -1.89. The van der Waals surface area contributed by atoms with Gasteiger partial charge >= 0.3 is 0 Å². The first-order valence-corrected chi connectivity index (χ1v) is 9.94. The summed E-state index contributed by atoms with van der Waals surface area (Å²) in [5.41, 5.74) is 0. The molecule has 0 atom stereocenters. The smallest absolute Gasteiger partial charge is 0.00358 e. The predicted octanol–water partition coefficient (Wildman–Crippen LogP) is 7.66. The van der Waals surface area contributed by atoms with E-state index in [9.17, 15) is 0 Å². The first-order chi connectivity index (χ1) is 10.9. The Morgan fingerprint density at radius 1 is 0.609 bits per heavy atom. The topological polar surface area (TPSA) is 47.0 Å². The summed E-state index contributed by atoms with van der Waals surface area (Å²) in [6.07, 6.45) is 29.6. The minimum absolute atomic E-state index is 0. The van der Waals surface area contributed by atoms with Crippen LogP contribution in [0, 0.1) is 0 Å². The van der Waals surface area contributed by atoms with Crippen LogP contribution in [0.15, 0.2) is 24.6 Å².